The molecule has 0 aromatic heterocycles. The minimum absolute atomic E-state index is 0.237. The van der Waals surface area contributed by atoms with E-state index in [4.69, 9.17) is 5.11 Å². The molecule has 1 saturated carbocycles. The minimum Gasteiger partial charge on any atom is -0.480 e. The van der Waals surface area contributed by atoms with Crippen molar-refractivity contribution in [1.29, 1.82) is 0 Å². The van der Waals surface area contributed by atoms with Crippen LogP contribution in [0.25, 0.3) is 0 Å². The van der Waals surface area contributed by atoms with Crippen molar-refractivity contribution in [3.8, 4) is 0 Å². The highest BCUT2D eigenvalue weighted by Gasteiger charge is 2.36. The fourth-order valence-corrected chi connectivity index (χ4v) is 1.79. The van der Waals surface area contributed by atoms with E-state index in [1.807, 2.05) is 6.92 Å². The number of carboxylic acids is 1. The zero-order valence-electron chi connectivity index (χ0n) is 9.82. The zero-order valence-corrected chi connectivity index (χ0v) is 9.82. The summed E-state index contributed by atoms with van der Waals surface area (Å²) >= 11 is 0. The molecule has 1 aliphatic rings. The maximum absolute atomic E-state index is 11.5. The second-order valence-electron chi connectivity index (χ2n) is 4.31. The van der Waals surface area contributed by atoms with E-state index in [-0.39, 0.29) is 12.1 Å². The number of carboxylic acid groups (broad SMARTS) is 1. The molecule has 16 heavy (non-hydrogen) atoms. The van der Waals surface area contributed by atoms with Gasteiger partial charge < -0.3 is 15.7 Å². The van der Waals surface area contributed by atoms with E-state index in [1.165, 1.54) is 0 Å². The van der Waals surface area contributed by atoms with Crippen molar-refractivity contribution >= 4 is 12.0 Å². The normalized spacial score (nSPS) is 24.6. The molecule has 0 heterocycles. The van der Waals surface area contributed by atoms with Gasteiger partial charge in [-0.2, -0.15) is 0 Å². The Bertz CT molecular complexity index is 268. The number of urea groups is 1. The Morgan fingerprint density at radius 2 is 2.12 bits per heavy atom. The highest BCUT2D eigenvalue weighted by Crippen LogP contribution is 2.32. The summed E-state index contributed by atoms with van der Waals surface area (Å²) in [6.07, 6.45) is 3.26. The zero-order chi connectivity index (χ0) is 12.1. The van der Waals surface area contributed by atoms with Crippen LogP contribution in [0.3, 0.4) is 0 Å². The van der Waals surface area contributed by atoms with Crippen LogP contribution in [-0.2, 0) is 4.79 Å². The third kappa shape index (κ3) is 3.72. The monoisotopic (exact) mass is 228 g/mol. The molecular weight excluding hydrogens is 208 g/mol. The maximum atomic E-state index is 11.5. The molecule has 0 radical (unpaired) electrons. The number of hydrogen-bond acceptors (Lipinski definition) is 2. The molecule has 3 atom stereocenters. The SMILES string of the molecule is CCCC(NC(=O)NC1CC1CC)C(=O)O. The van der Waals surface area contributed by atoms with Gasteiger partial charge in [0.1, 0.15) is 6.04 Å². The highest BCUT2D eigenvalue weighted by atomic mass is 16.4. The van der Waals surface area contributed by atoms with Crippen LogP contribution >= 0.6 is 0 Å². The van der Waals surface area contributed by atoms with E-state index in [1.54, 1.807) is 0 Å². The summed E-state index contributed by atoms with van der Waals surface area (Å²) in [4.78, 5) is 22.3. The number of aliphatic carboxylic acids is 1. The molecule has 0 aromatic carbocycles. The van der Waals surface area contributed by atoms with Crippen LogP contribution in [-0.4, -0.2) is 29.2 Å². The molecule has 5 heteroatoms. The lowest BCUT2D eigenvalue weighted by molar-refractivity contribution is -0.139. The molecule has 1 fully saturated rings. The van der Waals surface area contributed by atoms with Crippen molar-refractivity contribution in [3.05, 3.63) is 0 Å². The van der Waals surface area contributed by atoms with Crippen molar-refractivity contribution < 1.29 is 14.7 Å². The molecule has 5 nitrogen and oxygen atoms in total. The molecular formula is C11H20N2O3. The van der Waals surface area contributed by atoms with Crippen molar-refractivity contribution in [2.24, 2.45) is 5.92 Å². The molecule has 3 N–H and O–H groups in total. The van der Waals surface area contributed by atoms with Gasteiger partial charge in [0.2, 0.25) is 0 Å². The second kappa shape index (κ2) is 5.72. The number of amides is 2. The molecule has 1 rings (SSSR count). The fourth-order valence-electron chi connectivity index (χ4n) is 1.79. The van der Waals surface area contributed by atoms with E-state index < -0.39 is 12.0 Å². The predicted octanol–water partition coefficient (Wildman–Crippen LogP) is 1.34. The summed E-state index contributed by atoms with van der Waals surface area (Å²) in [7, 11) is 0. The predicted molar refractivity (Wildman–Crippen MR) is 60.2 cm³/mol. The second-order valence-corrected chi connectivity index (χ2v) is 4.31. The van der Waals surface area contributed by atoms with Crippen LogP contribution in [0.1, 0.15) is 39.5 Å². The lowest BCUT2D eigenvalue weighted by Gasteiger charge is -2.14. The summed E-state index contributed by atoms with van der Waals surface area (Å²) in [6, 6.07) is -0.897. The first-order valence-electron chi connectivity index (χ1n) is 5.88. The Kier molecular flexibility index (Phi) is 4.58. The van der Waals surface area contributed by atoms with Crippen molar-refractivity contribution in [3.63, 3.8) is 0 Å². The van der Waals surface area contributed by atoms with E-state index >= 15 is 0 Å². The van der Waals surface area contributed by atoms with Crippen molar-refractivity contribution in [2.75, 3.05) is 0 Å². The van der Waals surface area contributed by atoms with Crippen LogP contribution in [0.5, 0.6) is 0 Å². The highest BCUT2D eigenvalue weighted by molar-refractivity contribution is 5.82. The smallest absolute Gasteiger partial charge is 0.326 e. The first-order valence-corrected chi connectivity index (χ1v) is 5.88. The molecule has 92 valence electrons. The molecule has 1 aliphatic carbocycles. The fraction of sp³-hybridized carbons (Fsp3) is 0.818. The van der Waals surface area contributed by atoms with Gasteiger partial charge in [-0.1, -0.05) is 26.7 Å². The van der Waals surface area contributed by atoms with Gasteiger partial charge in [-0.05, 0) is 18.8 Å². The molecule has 0 aromatic rings. The van der Waals surface area contributed by atoms with Gasteiger partial charge in [-0.15, -0.1) is 0 Å². The van der Waals surface area contributed by atoms with Gasteiger partial charge in [-0.25, -0.2) is 9.59 Å². The van der Waals surface area contributed by atoms with E-state index in [0.717, 1.165) is 19.3 Å². The van der Waals surface area contributed by atoms with E-state index in [2.05, 4.69) is 17.6 Å². The standard InChI is InChI=1S/C11H20N2O3/c1-3-5-8(10(14)15)12-11(16)13-9-6-7(9)4-2/h7-9H,3-6H2,1-2H3,(H,14,15)(H2,12,13,16). The summed E-state index contributed by atoms with van der Waals surface area (Å²) in [5.74, 6) is -0.403. The molecule has 0 bridgehead atoms. The van der Waals surface area contributed by atoms with Crippen LogP contribution in [0.15, 0.2) is 0 Å². The summed E-state index contributed by atoms with van der Waals surface area (Å²) < 4.78 is 0. The quantitative estimate of drug-likeness (QED) is 0.642. The maximum Gasteiger partial charge on any atom is 0.326 e. The third-order valence-corrected chi connectivity index (χ3v) is 2.94. The third-order valence-electron chi connectivity index (χ3n) is 2.94. The summed E-state index contributed by atoms with van der Waals surface area (Å²) in [5, 5.41) is 14.1. The van der Waals surface area contributed by atoms with Gasteiger partial charge >= 0.3 is 12.0 Å². The summed E-state index contributed by atoms with van der Waals surface area (Å²) in [5.41, 5.74) is 0. The number of carbonyl (C=O) groups is 2. The number of carbonyl (C=O) groups excluding carboxylic acids is 1. The number of hydrogen-bond donors (Lipinski definition) is 3. The Morgan fingerprint density at radius 3 is 2.56 bits per heavy atom. The summed E-state index contributed by atoms with van der Waals surface area (Å²) in [6.45, 7) is 3.98. The Labute approximate surface area is 95.6 Å². The van der Waals surface area contributed by atoms with Gasteiger partial charge in [0.25, 0.3) is 0 Å². The van der Waals surface area contributed by atoms with E-state index in [9.17, 15) is 9.59 Å². The largest absolute Gasteiger partial charge is 0.480 e. The van der Waals surface area contributed by atoms with Gasteiger partial charge in [-0.3, -0.25) is 0 Å². The van der Waals surface area contributed by atoms with Gasteiger partial charge in [0, 0.05) is 6.04 Å². The lowest BCUT2D eigenvalue weighted by atomic mass is 10.2. The first-order chi connectivity index (χ1) is 7.58. The molecule has 2 amide bonds. The van der Waals surface area contributed by atoms with Crippen molar-refractivity contribution in [1.82, 2.24) is 10.6 Å². The Balaban J connectivity index is 2.29. The van der Waals surface area contributed by atoms with Crippen LogP contribution < -0.4 is 10.6 Å². The topological polar surface area (TPSA) is 78.4 Å². The Morgan fingerprint density at radius 1 is 1.44 bits per heavy atom. The minimum atomic E-state index is -0.972. The molecule has 0 saturated heterocycles. The average molecular weight is 228 g/mol. The van der Waals surface area contributed by atoms with Crippen LogP contribution in [0.2, 0.25) is 0 Å². The first kappa shape index (κ1) is 12.8. The van der Waals surface area contributed by atoms with E-state index in [0.29, 0.717) is 12.3 Å². The van der Waals surface area contributed by atoms with Crippen molar-refractivity contribution in [2.45, 2.75) is 51.6 Å². The van der Waals surface area contributed by atoms with Crippen LogP contribution in [0, 0.1) is 5.92 Å². The number of rotatable bonds is 6. The molecule has 0 aliphatic heterocycles. The average Bonchev–Trinajstić information content (AvgIpc) is 2.95. The molecule has 0 spiro atoms. The Hall–Kier alpha value is -1.26. The molecule has 3 unspecified atom stereocenters. The van der Waals surface area contributed by atoms with Gasteiger partial charge in [0.05, 0.1) is 0 Å². The number of nitrogens with one attached hydrogen (secondary N) is 2. The van der Waals surface area contributed by atoms with Crippen LogP contribution in [0.4, 0.5) is 4.79 Å². The van der Waals surface area contributed by atoms with Gasteiger partial charge in [0.15, 0.2) is 0 Å². The lowest BCUT2D eigenvalue weighted by Crippen LogP contribution is -2.46.